The first-order valence-corrected chi connectivity index (χ1v) is 10.4. The number of nitriles is 1. The molecule has 0 aliphatic carbocycles. The second-order valence-electron chi connectivity index (χ2n) is 8.89. The van der Waals surface area contributed by atoms with Crippen molar-refractivity contribution in [3.05, 3.63) is 54.1 Å². The summed E-state index contributed by atoms with van der Waals surface area (Å²) in [5, 5.41) is 14.2. The van der Waals surface area contributed by atoms with Gasteiger partial charge >= 0.3 is 6.09 Å². The number of rotatable bonds is 7. The highest BCUT2D eigenvalue weighted by Gasteiger charge is 2.22. The van der Waals surface area contributed by atoms with Crippen LogP contribution in [0.2, 0.25) is 0 Å². The topological polar surface area (TPSA) is 91.2 Å². The van der Waals surface area contributed by atoms with E-state index in [2.05, 4.69) is 24.5 Å². The van der Waals surface area contributed by atoms with E-state index in [4.69, 9.17) is 10.00 Å². The fourth-order valence-electron chi connectivity index (χ4n) is 3.22. The third-order valence-corrected chi connectivity index (χ3v) is 4.52. The third-order valence-electron chi connectivity index (χ3n) is 4.52. The van der Waals surface area contributed by atoms with Gasteiger partial charge in [0.15, 0.2) is 0 Å². The minimum atomic E-state index is -0.559. The number of benzene rings is 2. The van der Waals surface area contributed by atoms with Gasteiger partial charge in [0.2, 0.25) is 5.91 Å². The molecule has 0 saturated heterocycles. The molecule has 31 heavy (non-hydrogen) atoms. The van der Waals surface area contributed by atoms with Gasteiger partial charge in [-0.2, -0.15) is 5.26 Å². The smallest absolute Gasteiger partial charge is 0.412 e. The average molecular weight is 422 g/mol. The summed E-state index contributed by atoms with van der Waals surface area (Å²) >= 11 is 0. The van der Waals surface area contributed by atoms with Gasteiger partial charge in [-0.3, -0.25) is 10.1 Å². The number of amides is 2. The van der Waals surface area contributed by atoms with Crippen molar-refractivity contribution in [1.82, 2.24) is 5.32 Å². The van der Waals surface area contributed by atoms with Crippen LogP contribution in [-0.2, 0) is 9.53 Å². The van der Waals surface area contributed by atoms with Crippen LogP contribution < -0.4 is 10.6 Å². The van der Waals surface area contributed by atoms with Gasteiger partial charge in [-0.05, 0) is 61.9 Å². The molecule has 0 heterocycles. The predicted octanol–water partition coefficient (Wildman–Crippen LogP) is 5.47. The van der Waals surface area contributed by atoms with Crippen molar-refractivity contribution in [2.24, 2.45) is 5.92 Å². The molecule has 0 bridgehead atoms. The van der Waals surface area contributed by atoms with E-state index in [1.54, 1.807) is 0 Å². The Bertz CT molecular complexity index is 938. The van der Waals surface area contributed by atoms with E-state index < -0.39 is 11.7 Å². The van der Waals surface area contributed by atoms with Crippen molar-refractivity contribution < 1.29 is 14.3 Å². The Morgan fingerprint density at radius 3 is 2.32 bits per heavy atom. The SMILES string of the molecule is CC(C)C[C@@H](C(=O)NCC#N)c1cccc(-c2ccc(NC(=O)OC(C)(C)C)cc2)c1. The summed E-state index contributed by atoms with van der Waals surface area (Å²) in [6.45, 7) is 9.59. The molecule has 2 amide bonds. The summed E-state index contributed by atoms with van der Waals surface area (Å²) in [4.78, 5) is 24.6. The number of ether oxygens (including phenoxy) is 1. The van der Waals surface area contributed by atoms with Crippen LogP contribution in [0.3, 0.4) is 0 Å². The third kappa shape index (κ3) is 7.78. The summed E-state index contributed by atoms with van der Waals surface area (Å²) < 4.78 is 5.27. The molecule has 2 aromatic rings. The van der Waals surface area contributed by atoms with Gasteiger partial charge in [0.05, 0.1) is 12.0 Å². The van der Waals surface area contributed by atoms with Crippen molar-refractivity contribution in [1.29, 1.82) is 5.26 Å². The van der Waals surface area contributed by atoms with Crippen molar-refractivity contribution in [3.8, 4) is 17.2 Å². The Labute approximate surface area is 184 Å². The number of nitrogens with zero attached hydrogens (tertiary/aromatic N) is 1. The van der Waals surface area contributed by atoms with Crippen molar-refractivity contribution in [3.63, 3.8) is 0 Å². The molecule has 6 heteroatoms. The molecule has 1 atom stereocenters. The van der Waals surface area contributed by atoms with Crippen molar-refractivity contribution in [2.75, 3.05) is 11.9 Å². The monoisotopic (exact) mass is 421 g/mol. The lowest BCUT2D eigenvalue weighted by atomic mass is 9.88. The molecule has 164 valence electrons. The quantitative estimate of drug-likeness (QED) is 0.580. The van der Waals surface area contributed by atoms with Gasteiger partial charge in [0.25, 0.3) is 0 Å². The van der Waals surface area contributed by atoms with E-state index in [0.29, 0.717) is 18.0 Å². The van der Waals surface area contributed by atoms with E-state index in [1.165, 1.54) is 0 Å². The van der Waals surface area contributed by atoms with Crippen LogP contribution in [0.4, 0.5) is 10.5 Å². The first kappa shape index (κ1) is 23.9. The van der Waals surface area contributed by atoms with E-state index in [1.807, 2.05) is 75.4 Å². The zero-order chi connectivity index (χ0) is 23.0. The molecule has 0 fully saturated rings. The van der Waals surface area contributed by atoms with E-state index in [-0.39, 0.29) is 18.4 Å². The lowest BCUT2D eigenvalue weighted by molar-refractivity contribution is -0.122. The molecule has 0 aliphatic rings. The zero-order valence-corrected chi connectivity index (χ0v) is 18.9. The highest BCUT2D eigenvalue weighted by Crippen LogP contribution is 2.29. The molecule has 2 rings (SSSR count). The Morgan fingerprint density at radius 2 is 1.74 bits per heavy atom. The summed E-state index contributed by atoms with van der Waals surface area (Å²) in [5.74, 6) is -0.120. The number of anilines is 1. The van der Waals surface area contributed by atoms with Crippen molar-refractivity contribution in [2.45, 2.75) is 52.6 Å². The molecule has 6 nitrogen and oxygen atoms in total. The van der Waals surface area contributed by atoms with Crippen LogP contribution in [0.1, 0.15) is 52.5 Å². The lowest BCUT2D eigenvalue weighted by Gasteiger charge is -2.20. The van der Waals surface area contributed by atoms with Crippen molar-refractivity contribution >= 4 is 17.7 Å². The van der Waals surface area contributed by atoms with Gasteiger partial charge in [-0.15, -0.1) is 0 Å². The Morgan fingerprint density at radius 1 is 1.06 bits per heavy atom. The minimum Gasteiger partial charge on any atom is -0.444 e. The van der Waals surface area contributed by atoms with Crippen LogP contribution in [0.25, 0.3) is 11.1 Å². The molecular formula is C25H31N3O3. The maximum atomic E-state index is 12.6. The number of nitrogens with one attached hydrogen (secondary N) is 2. The maximum absolute atomic E-state index is 12.6. The minimum absolute atomic E-state index is 0.000764. The lowest BCUT2D eigenvalue weighted by Crippen LogP contribution is -2.30. The first-order chi connectivity index (χ1) is 14.6. The fraction of sp³-hybridized carbons (Fsp3) is 0.400. The average Bonchev–Trinajstić information content (AvgIpc) is 2.69. The van der Waals surface area contributed by atoms with E-state index >= 15 is 0 Å². The highest BCUT2D eigenvalue weighted by atomic mass is 16.6. The Kier molecular flexibility index (Phi) is 8.21. The molecule has 0 aliphatic heterocycles. The van der Waals surface area contributed by atoms with Crippen LogP contribution in [0, 0.1) is 17.2 Å². The van der Waals surface area contributed by atoms with Gasteiger partial charge in [-0.1, -0.05) is 50.2 Å². The summed E-state index contributed by atoms with van der Waals surface area (Å²) in [6, 6.07) is 17.3. The maximum Gasteiger partial charge on any atom is 0.412 e. The largest absolute Gasteiger partial charge is 0.444 e. The molecular weight excluding hydrogens is 390 g/mol. The number of carbonyl (C=O) groups is 2. The van der Waals surface area contributed by atoms with Crippen LogP contribution in [0.5, 0.6) is 0 Å². The molecule has 0 radical (unpaired) electrons. The predicted molar refractivity (Wildman–Crippen MR) is 123 cm³/mol. The van der Waals surface area contributed by atoms with Gasteiger partial charge in [0.1, 0.15) is 12.1 Å². The van der Waals surface area contributed by atoms with Gasteiger partial charge in [-0.25, -0.2) is 4.79 Å². The zero-order valence-electron chi connectivity index (χ0n) is 18.9. The molecule has 0 aromatic heterocycles. The molecule has 0 spiro atoms. The summed E-state index contributed by atoms with van der Waals surface area (Å²) in [6.07, 6.45) is 0.196. The summed E-state index contributed by atoms with van der Waals surface area (Å²) in [7, 11) is 0. The number of hydrogen-bond acceptors (Lipinski definition) is 4. The number of hydrogen-bond donors (Lipinski definition) is 2. The highest BCUT2D eigenvalue weighted by molar-refractivity contribution is 5.86. The Balaban J connectivity index is 2.20. The first-order valence-electron chi connectivity index (χ1n) is 10.4. The summed E-state index contributed by atoms with van der Waals surface area (Å²) in [5.41, 5.74) is 2.94. The van der Waals surface area contributed by atoms with Crippen LogP contribution in [-0.4, -0.2) is 24.1 Å². The fourth-order valence-corrected chi connectivity index (χ4v) is 3.22. The Hall–Kier alpha value is -3.33. The van der Waals surface area contributed by atoms with Gasteiger partial charge < -0.3 is 10.1 Å². The standard InChI is InChI=1S/C25H31N3O3/c1-17(2)15-22(23(29)27-14-13-26)20-8-6-7-19(16-20)18-9-11-21(12-10-18)28-24(30)31-25(3,4)5/h6-12,16-17,22H,14-15H2,1-5H3,(H,27,29)(H,28,30)/t22-/m1/s1. The second kappa shape index (κ2) is 10.6. The number of carbonyl (C=O) groups excluding carboxylic acids is 2. The van der Waals surface area contributed by atoms with E-state index in [9.17, 15) is 9.59 Å². The van der Waals surface area contributed by atoms with Gasteiger partial charge in [0, 0.05) is 5.69 Å². The van der Waals surface area contributed by atoms with Crippen LogP contribution in [0.15, 0.2) is 48.5 Å². The molecule has 2 N–H and O–H groups in total. The molecule has 0 unspecified atom stereocenters. The van der Waals surface area contributed by atoms with E-state index in [0.717, 1.165) is 16.7 Å². The van der Waals surface area contributed by atoms with Crippen LogP contribution >= 0.6 is 0 Å². The second-order valence-corrected chi connectivity index (χ2v) is 8.89. The molecule has 2 aromatic carbocycles. The molecule has 0 saturated carbocycles. The normalized spacial score (nSPS) is 12.0.